The standard InChI is InChI=1S/C14H29N3O/c1-4-16-14(3,13(15)18)10-11-17(5-2)12-8-6-7-9-12/h12,16H,4-11H2,1-3H3,(H2,15,18). The van der Waals surface area contributed by atoms with Crippen LogP contribution in [0.15, 0.2) is 0 Å². The van der Waals surface area contributed by atoms with Crippen LogP contribution in [0.3, 0.4) is 0 Å². The van der Waals surface area contributed by atoms with Gasteiger partial charge in [0.05, 0.1) is 5.54 Å². The van der Waals surface area contributed by atoms with E-state index in [1.165, 1.54) is 25.7 Å². The van der Waals surface area contributed by atoms with E-state index in [2.05, 4.69) is 17.1 Å². The van der Waals surface area contributed by atoms with Crippen molar-refractivity contribution in [2.75, 3.05) is 19.6 Å². The Morgan fingerprint density at radius 2 is 2.00 bits per heavy atom. The molecule has 0 saturated heterocycles. The zero-order valence-electron chi connectivity index (χ0n) is 12.2. The highest BCUT2D eigenvalue weighted by atomic mass is 16.1. The summed E-state index contributed by atoms with van der Waals surface area (Å²) in [6.45, 7) is 8.92. The molecule has 0 aromatic carbocycles. The largest absolute Gasteiger partial charge is 0.368 e. The Morgan fingerprint density at radius 3 is 2.44 bits per heavy atom. The zero-order chi connectivity index (χ0) is 13.6. The van der Waals surface area contributed by atoms with Crippen LogP contribution in [0, 0.1) is 0 Å². The molecule has 3 N–H and O–H groups in total. The molecule has 1 amide bonds. The molecular weight excluding hydrogens is 226 g/mol. The minimum atomic E-state index is -0.569. The van der Waals surface area contributed by atoms with Gasteiger partial charge in [-0.25, -0.2) is 0 Å². The molecule has 0 aliphatic heterocycles. The molecule has 0 spiro atoms. The van der Waals surface area contributed by atoms with Gasteiger partial charge in [0, 0.05) is 12.6 Å². The second-order valence-electron chi connectivity index (χ2n) is 5.54. The Morgan fingerprint density at radius 1 is 1.39 bits per heavy atom. The van der Waals surface area contributed by atoms with Crippen LogP contribution < -0.4 is 11.1 Å². The van der Waals surface area contributed by atoms with Crippen molar-refractivity contribution < 1.29 is 4.79 Å². The van der Waals surface area contributed by atoms with Crippen LogP contribution in [-0.2, 0) is 4.79 Å². The monoisotopic (exact) mass is 255 g/mol. The summed E-state index contributed by atoms with van der Waals surface area (Å²) in [5.41, 5.74) is 4.95. The smallest absolute Gasteiger partial charge is 0.237 e. The van der Waals surface area contributed by atoms with Crippen LogP contribution in [0.2, 0.25) is 0 Å². The molecule has 0 aromatic heterocycles. The summed E-state index contributed by atoms with van der Waals surface area (Å²) >= 11 is 0. The molecule has 4 heteroatoms. The number of likely N-dealkylation sites (N-methyl/N-ethyl adjacent to an activating group) is 1. The molecule has 0 bridgehead atoms. The summed E-state index contributed by atoms with van der Waals surface area (Å²) in [7, 11) is 0. The predicted molar refractivity (Wildman–Crippen MR) is 75.4 cm³/mol. The van der Waals surface area contributed by atoms with Crippen LogP contribution in [0.1, 0.15) is 52.9 Å². The first kappa shape index (κ1) is 15.4. The molecule has 18 heavy (non-hydrogen) atoms. The molecule has 1 aliphatic rings. The number of nitrogens with one attached hydrogen (secondary N) is 1. The van der Waals surface area contributed by atoms with E-state index in [0.29, 0.717) is 6.04 Å². The normalized spacial score (nSPS) is 20.2. The fraction of sp³-hybridized carbons (Fsp3) is 0.929. The lowest BCUT2D eigenvalue weighted by molar-refractivity contribution is -0.124. The number of rotatable bonds is 8. The SMILES string of the molecule is CCNC(C)(CCN(CC)C1CCCC1)C(N)=O. The number of hydrogen-bond donors (Lipinski definition) is 2. The Hall–Kier alpha value is -0.610. The molecular formula is C14H29N3O. The van der Waals surface area contributed by atoms with Gasteiger partial charge in [0.1, 0.15) is 0 Å². The topological polar surface area (TPSA) is 58.4 Å². The van der Waals surface area contributed by atoms with Crippen molar-refractivity contribution in [2.24, 2.45) is 5.73 Å². The molecule has 1 aliphatic carbocycles. The summed E-state index contributed by atoms with van der Waals surface area (Å²) in [4.78, 5) is 14.1. The predicted octanol–water partition coefficient (Wildman–Crippen LogP) is 1.49. The molecule has 0 radical (unpaired) electrons. The number of carbonyl (C=O) groups is 1. The van der Waals surface area contributed by atoms with Gasteiger partial charge in [0.25, 0.3) is 0 Å². The second-order valence-corrected chi connectivity index (χ2v) is 5.54. The highest BCUT2D eigenvalue weighted by molar-refractivity contribution is 5.84. The van der Waals surface area contributed by atoms with Crippen molar-refractivity contribution in [3.8, 4) is 0 Å². The van der Waals surface area contributed by atoms with Crippen LogP contribution in [0.4, 0.5) is 0 Å². The van der Waals surface area contributed by atoms with Gasteiger partial charge in [-0.3, -0.25) is 4.79 Å². The first-order valence-electron chi connectivity index (χ1n) is 7.32. The maximum absolute atomic E-state index is 11.6. The Kier molecular flexibility index (Phi) is 6.09. The number of hydrogen-bond acceptors (Lipinski definition) is 3. The van der Waals surface area contributed by atoms with E-state index in [1.54, 1.807) is 0 Å². The number of carbonyl (C=O) groups excluding carboxylic acids is 1. The maximum Gasteiger partial charge on any atom is 0.237 e. The van der Waals surface area contributed by atoms with Crippen molar-refractivity contribution in [1.29, 1.82) is 0 Å². The van der Waals surface area contributed by atoms with Gasteiger partial charge >= 0.3 is 0 Å². The van der Waals surface area contributed by atoms with E-state index in [0.717, 1.165) is 26.1 Å². The molecule has 1 saturated carbocycles. The summed E-state index contributed by atoms with van der Waals surface area (Å²) in [5.74, 6) is -0.244. The summed E-state index contributed by atoms with van der Waals surface area (Å²) in [6, 6.07) is 0.716. The van der Waals surface area contributed by atoms with Crippen molar-refractivity contribution in [3.63, 3.8) is 0 Å². The lowest BCUT2D eigenvalue weighted by atomic mass is 9.96. The van der Waals surface area contributed by atoms with E-state index >= 15 is 0 Å². The molecule has 1 fully saturated rings. The van der Waals surface area contributed by atoms with E-state index in [9.17, 15) is 4.79 Å². The third-order valence-electron chi connectivity index (χ3n) is 4.26. The molecule has 0 heterocycles. The Balaban J connectivity index is 2.51. The molecule has 1 rings (SSSR count). The zero-order valence-corrected chi connectivity index (χ0v) is 12.2. The van der Waals surface area contributed by atoms with Crippen molar-refractivity contribution in [1.82, 2.24) is 10.2 Å². The molecule has 4 nitrogen and oxygen atoms in total. The fourth-order valence-electron chi connectivity index (χ4n) is 2.92. The Bertz CT molecular complexity index is 264. The van der Waals surface area contributed by atoms with Gasteiger partial charge in [-0.1, -0.05) is 26.7 Å². The van der Waals surface area contributed by atoms with Gasteiger partial charge in [0.2, 0.25) is 5.91 Å². The molecule has 0 aromatic rings. The Labute approximate surface area is 111 Å². The number of primary amides is 1. The van der Waals surface area contributed by atoms with Crippen molar-refractivity contribution in [3.05, 3.63) is 0 Å². The summed E-state index contributed by atoms with van der Waals surface area (Å²) < 4.78 is 0. The van der Waals surface area contributed by atoms with Gasteiger partial charge in [0.15, 0.2) is 0 Å². The van der Waals surface area contributed by atoms with Gasteiger partial charge in [-0.2, -0.15) is 0 Å². The van der Waals surface area contributed by atoms with Crippen molar-refractivity contribution in [2.45, 2.75) is 64.5 Å². The van der Waals surface area contributed by atoms with Crippen molar-refractivity contribution >= 4 is 5.91 Å². The highest BCUT2D eigenvalue weighted by Gasteiger charge is 2.31. The molecule has 1 unspecified atom stereocenters. The number of nitrogens with two attached hydrogens (primary N) is 1. The van der Waals surface area contributed by atoms with Gasteiger partial charge in [-0.05, 0) is 39.3 Å². The third-order valence-corrected chi connectivity index (χ3v) is 4.26. The minimum Gasteiger partial charge on any atom is -0.368 e. The summed E-state index contributed by atoms with van der Waals surface area (Å²) in [6.07, 6.45) is 6.11. The number of amides is 1. The average Bonchev–Trinajstić information content (AvgIpc) is 2.84. The fourth-order valence-corrected chi connectivity index (χ4v) is 2.92. The molecule has 106 valence electrons. The third kappa shape index (κ3) is 3.95. The maximum atomic E-state index is 11.6. The first-order chi connectivity index (χ1) is 8.53. The first-order valence-corrected chi connectivity index (χ1v) is 7.32. The van der Waals surface area contributed by atoms with E-state index in [1.807, 2.05) is 13.8 Å². The lowest BCUT2D eigenvalue weighted by Crippen LogP contribution is -2.55. The molecule has 1 atom stereocenters. The van der Waals surface area contributed by atoms with E-state index < -0.39 is 5.54 Å². The minimum absolute atomic E-state index is 0.244. The van der Waals surface area contributed by atoms with Crippen LogP contribution in [0.5, 0.6) is 0 Å². The number of nitrogens with zero attached hydrogens (tertiary/aromatic N) is 1. The second kappa shape index (κ2) is 7.10. The van der Waals surface area contributed by atoms with E-state index in [-0.39, 0.29) is 5.91 Å². The van der Waals surface area contributed by atoms with Crippen LogP contribution in [0.25, 0.3) is 0 Å². The quantitative estimate of drug-likeness (QED) is 0.691. The summed E-state index contributed by atoms with van der Waals surface area (Å²) in [5, 5.41) is 3.23. The average molecular weight is 255 g/mol. The van der Waals surface area contributed by atoms with Gasteiger partial charge < -0.3 is 16.0 Å². The van der Waals surface area contributed by atoms with Crippen LogP contribution in [-0.4, -0.2) is 42.0 Å². The van der Waals surface area contributed by atoms with E-state index in [4.69, 9.17) is 5.73 Å². The van der Waals surface area contributed by atoms with Gasteiger partial charge in [-0.15, -0.1) is 0 Å². The highest BCUT2D eigenvalue weighted by Crippen LogP contribution is 2.24. The lowest BCUT2D eigenvalue weighted by Gasteiger charge is -2.33. The van der Waals surface area contributed by atoms with Crippen LogP contribution >= 0.6 is 0 Å².